The number of aliphatic hydroxyl groups is 1. The van der Waals surface area contributed by atoms with Gasteiger partial charge in [0.2, 0.25) is 0 Å². The molecule has 1 unspecified atom stereocenters. The summed E-state index contributed by atoms with van der Waals surface area (Å²) >= 11 is 4.60. The molecule has 9 heteroatoms. The van der Waals surface area contributed by atoms with Gasteiger partial charge in [0.15, 0.2) is 5.60 Å². The summed E-state index contributed by atoms with van der Waals surface area (Å²) in [5.41, 5.74) is -2.70. The molecule has 0 aromatic carbocycles. The second-order valence-corrected chi connectivity index (χ2v) is 2.69. The number of rotatable bonds is 5. The number of aliphatic carboxylic acids is 2. The van der Waals surface area contributed by atoms with Crippen LogP contribution in [0.2, 0.25) is 0 Å². The van der Waals surface area contributed by atoms with Crippen LogP contribution in [0.4, 0.5) is 0 Å². The predicted octanol–water partition coefficient (Wildman–Crippen LogP) is -1.28. The molecule has 0 heterocycles. The molecule has 0 aromatic heterocycles. The molecule has 0 rings (SSSR count). The van der Waals surface area contributed by atoms with Crippen LogP contribution in [0.15, 0.2) is 0 Å². The van der Waals surface area contributed by atoms with Crippen LogP contribution in [-0.4, -0.2) is 68.4 Å². The Balaban J connectivity index is 0. The first-order valence-corrected chi connectivity index (χ1v) is 3.61. The van der Waals surface area contributed by atoms with Gasteiger partial charge in [0.25, 0.3) is 0 Å². The van der Waals surface area contributed by atoms with Gasteiger partial charge in [-0.1, -0.05) is 0 Å². The number of carbonyl (C=O) groups excluding carboxylic acids is 1. The maximum absolute atomic E-state index is 10.5. The Hall–Kier alpha value is -0.340. The van der Waals surface area contributed by atoms with Crippen molar-refractivity contribution in [2.75, 3.05) is 0 Å². The third-order valence-electron chi connectivity index (χ3n) is 1.36. The minimum absolute atomic E-state index is 0. The van der Waals surface area contributed by atoms with Crippen LogP contribution < -0.4 is 0 Å². The second-order valence-electron chi connectivity index (χ2n) is 2.53. The van der Waals surface area contributed by atoms with E-state index in [2.05, 4.69) is 16.2 Å². The van der Waals surface area contributed by atoms with Crippen molar-refractivity contribution in [3.8, 4) is 0 Å². The van der Waals surface area contributed by atoms with Crippen molar-refractivity contribution in [3.63, 3.8) is 0 Å². The monoisotopic (exact) mass is 250 g/mol. The molecule has 0 fully saturated rings. The molecule has 0 aliphatic carbocycles. The van der Waals surface area contributed by atoms with E-state index in [-0.39, 0.29) is 29.6 Å². The number of halogens is 1. The van der Waals surface area contributed by atoms with E-state index in [0.29, 0.717) is 0 Å². The number of carboxylic acids is 2. The molecule has 0 bridgehead atoms. The molecule has 1 atom stereocenters. The fourth-order valence-corrected chi connectivity index (χ4v) is 0.785. The van der Waals surface area contributed by atoms with Crippen LogP contribution in [0, 0.1) is 0 Å². The molecule has 3 N–H and O–H groups in total. The average molecular weight is 251 g/mol. The third-order valence-corrected chi connectivity index (χ3v) is 1.54. The molecule has 0 aliphatic rings. The van der Waals surface area contributed by atoms with Gasteiger partial charge in [-0.2, -0.15) is 0 Å². The van der Waals surface area contributed by atoms with Crippen molar-refractivity contribution in [3.05, 3.63) is 0 Å². The SMILES string of the molecule is O=C(O)CC(O)(CC(=O)OCl)C(=O)O.[NaH]. The Morgan fingerprint density at radius 3 is 1.93 bits per heavy atom. The minimum atomic E-state index is -2.70. The van der Waals surface area contributed by atoms with E-state index in [0.717, 1.165) is 0 Å². The molecule has 0 saturated carbocycles. The van der Waals surface area contributed by atoms with Crippen LogP contribution >= 0.6 is 11.9 Å². The van der Waals surface area contributed by atoms with E-state index >= 15 is 0 Å². The van der Waals surface area contributed by atoms with E-state index < -0.39 is 36.4 Å². The third kappa shape index (κ3) is 5.95. The van der Waals surface area contributed by atoms with Crippen LogP contribution in [-0.2, 0) is 18.7 Å². The average Bonchev–Trinajstić information content (AvgIpc) is 2.02. The first-order valence-electron chi connectivity index (χ1n) is 3.31. The van der Waals surface area contributed by atoms with Gasteiger partial charge >= 0.3 is 47.5 Å². The first-order chi connectivity index (χ1) is 6.31. The fourth-order valence-electron chi connectivity index (χ4n) is 0.730. The summed E-state index contributed by atoms with van der Waals surface area (Å²) in [7, 11) is 0. The summed E-state index contributed by atoms with van der Waals surface area (Å²) in [6.07, 6.45) is -2.15. The molecule has 0 aliphatic heterocycles. The Kier molecular flexibility index (Phi) is 7.99. The summed E-state index contributed by atoms with van der Waals surface area (Å²) < 4.78 is 3.59. The van der Waals surface area contributed by atoms with E-state index in [1.54, 1.807) is 0 Å². The van der Waals surface area contributed by atoms with Gasteiger partial charge in [-0.05, 0) is 0 Å². The molecule has 0 spiro atoms. The van der Waals surface area contributed by atoms with E-state index in [9.17, 15) is 19.5 Å². The summed E-state index contributed by atoms with van der Waals surface area (Å²) in [4.78, 5) is 31.2. The Bertz CT molecular complexity index is 268. The van der Waals surface area contributed by atoms with Gasteiger partial charge < -0.3 is 19.6 Å². The Morgan fingerprint density at radius 1 is 1.20 bits per heavy atom. The van der Waals surface area contributed by atoms with Gasteiger partial charge in [-0.3, -0.25) is 9.59 Å². The van der Waals surface area contributed by atoms with Crippen molar-refractivity contribution in [2.24, 2.45) is 0 Å². The number of hydrogen-bond acceptors (Lipinski definition) is 5. The number of hydrogen-bond donors (Lipinski definition) is 3. The molecule has 0 saturated heterocycles. The zero-order chi connectivity index (χ0) is 11.4. The van der Waals surface area contributed by atoms with Crippen molar-refractivity contribution in [2.45, 2.75) is 18.4 Å². The van der Waals surface area contributed by atoms with E-state index in [1.807, 2.05) is 0 Å². The molecule has 0 aromatic rings. The van der Waals surface area contributed by atoms with E-state index in [4.69, 9.17) is 10.2 Å². The van der Waals surface area contributed by atoms with Crippen LogP contribution in [0.1, 0.15) is 12.8 Å². The van der Waals surface area contributed by atoms with Gasteiger partial charge in [0.05, 0.1) is 12.8 Å². The fraction of sp³-hybridized carbons (Fsp3) is 0.500. The zero-order valence-electron chi connectivity index (χ0n) is 6.77. The molecule has 0 amide bonds. The quantitative estimate of drug-likeness (QED) is 0.519. The second kappa shape index (κ2) is 7.02. The summed E-state index contributed by atoms with van der Waals surface area (Å²) in [5.74, 6) is -4.61. The van der Waals surface area contributed by atoms with Crippen molar-refractivity contribution in [1.82, 2.24) is 0 Å². The summed E-state index contributed by atoms with van der Waals surface area (Å²) in [5, 5.41) is 26.0. The molecule has 15 heavy (non-hydrogen) atoms. The molecular formula is C6H8ClNaO7. The van der Waals surface area contributed by atoms with Crippen LogP contribution in [0.25, 0.3) is 0 Å². The van der Waals surface area contributed by atoms with Crippen molar-refractivity contribution < 1.29 is 34.0 Å². The topological polar surface area (TPSA) is 121 Å². The van der Waals surface area contributed by atoms with Crippen LogP contribution in [0.3, 0.4) is 0 Å². The number of carbonyl (C=O) groups is 3. The van der Waals surface area contributed by atoms with Crippen LogP contribution in [0.5, 0.6) is 0 Å². The van der Waals surface area contributed by atoms with Gasteiger partial charge in [0, 0.05) is 0 Å². The summed E-state index contributed by atoms with van der Waals surface area (Å²) in [6.45, 7) is 0. The molecular weight excluding hydrogens is 243 g/mol. The van der Waals surface area contributed by atoms with Gasteiger partial charge in [-0.25, -0.2) is 4.79 Å². The maximum atomic E-state index is 10.5. The van der Waals surface area contributed by atoms with Crippen molar-refractivity contribution >= 4 is 59.3 Å². The predicted molar refractivity (Wildman–Crippen MR) is 48.5 cm³/mol. The van der Waals surface area contributed by atoms with Gasteiger partial charge in [0.1, 0.15) is 11.9 Å². The van der Waals surface area contributed by atoms with E-state index in [1.165, 1.54) is 0 Å². The first kappa shape index (κ1) is 17.1. The standard InChI is InChI=1S/C6H7ClO7.Na.H/c7-14-4(10)2-6(13,5(11)12)1-3(8)9;;/h13H,1-2H2,(H,8,9)(H,11,12);;. The normalized spacial score (nSPS) is 13.2. The number of carboxylic acid groups (broad SMARTS) is 2. The Labute approximate surface area is 111 Å². The van der Waals surface area contributed by atoms with Crippen molar-refractivity contribution in [1.29, 1.82) is 0 Å². The zero-order valence-corrected chi connectivity index (χ0v) is 7.52. The molecule has 82 valence electrons. The Morgan fingerprint density at radius 2 is 1.67 bits per heavy atom. The summed E-state index contributed by atoms with van der Waals surface area (Å²) in [6, 6.07) is 0. The van der Waals surface area contributed by atoms with Gasteiger partial charge in [-0.15, -0.1) is 0 Å². The molecule has 0 radical (unpaired) electrons. The molecule has 7 nitrogen and oxygen atoms in total.